The summed E-state index contributed by atoms with van der Waals surface area (Å²) < 4.78 is 5.11. The molecule has 2 N–H and O–H groups in total. The molecule has 1 atom stereocenters. The summed E-state index contributed by atoms with van der Waals surface area (Å²) >= 11 is 0. The molecule has 6 heteroatoms. The van der Waals surface area contributed by atoms with Gasteiger partial charge in [0.2, 0.25) is 5.91 Å². The maximum atomic E-state index is 11.7. The van der Waals surface area contributed by atoms with Gasteiger partial charge in [-0.15, -0.1) is 0 Å². The molecule has 1 aliphatic rings. The largest absolute Gasteiger partial charge is 0.495 e. The van der Waals surface area contributed by atoms with Crippen molar-refractivity contribution in [1.29, 1.82) is 0 Å². The molecule has 0 aromatic heterocycles. The maximum Gasteiger partial charge on any atom is 0.335 e. The van der Waals surface area contributed by atoms with Crippen LogP contribution < -0.4 is 9.64 Å². The fraction of sp³-hybridized carbons (Fsp3) is 0.333. The topological polar surface area (TPSA) is 87.1 Å². The van der Waals surface area contributed by atoms with Crippen molar-refractivity contribution in [3.8, 4) is 5.75 Å². The first-order valence-electron chi connectivity index (χ1n) is 5.42. The molecule has 6 nitrogen and oxygen atoms in total. The normalized spacial score (nSPS) is 19.1. The van der Waals surface area contributed by atoms with Crippen molar-refractivity contribution >= 4 is 17.6 Å². The predicted molar refractivity (Wildman–Crippen MR) is 62.9 cm³/mol. The molecular formula is C12H13NO5. The Labute approximate surface area is 103 Å². The van der Waals surface area contributed by atoms with Gasteiger partial charge in [0.25, 0.3) is 0 Å². The van der Waals surface area contributed by atoms with Crippen molar-refractivity contribution in [2.75, 3.05) is 18.6 Å². The summed E-state index contributed by atoms with van der Waals surface area (Å²) in [4.78, 5) is 24.0. The van der Waals surface area contributed by atoms with Crippen molar-refractivity contribution < 1.29 is 24.5 Å². The Morgan fingerprint density at radius 3 is 2.72 bits per heavy atom. The Hall–Kier alpha value is -2.08. The zero-order chi connectivity index (χ0) is 13.3. The molecule has 1 aliphatic heterocycles. The van der Waals surface area contributed by atoms with E-state index >= 15 is 0 Å². The first-order valence-corrected chi connectivity index (χ1v) is 5.42. The lowest BCUT2D eigenvalue weighted by Crippen LogP contribution is -2.26. The molecule has 1 saturated heterocycles. The summed E-state index contributed by atoms with van der Waals surface area (Å²) in [5.74, 6) is -0.920. The first-order chi connectivity index (χ1) is 8.52. The summed E-state index contributed by atoms with van der Waals surface area (Å²) in [6.07, 6.45) is -0.684. The van der Waals surface area contributed by atoms with Crippen LogP contribution in [0.15, 0.2) is 18.2 Å². The number of anilines is 1. The minimum atomic E-state index is -1.08. The van der Waals surface area contributed by atoms with Crippen LogP contribution in [0.25, 0.3) is 0 Å². The summed E-state index contributed by atoms with van der Waals surface area (Å²) in [6, 6.07) is 4.27. The number of aliphatic hydroxyl groups excluding tert-OH is 1. The number of carbonyl (C=O) groups excluding carboxylic acids is 1. The smallest absolute Gasteiger partial charge is 0.335 e. The average Bonchev–Trinajstić information content (AvgIpc) is 2.67. The highest BCUT2D eigenvalue weighted by Crippen LogP contribution is 2.32. The predicted octanol–water partition coefficient (Wildman–Crippen LogP) is 0.491. The minimum Gasteiger partial charge on any atom is -0.495 e. The zero-order valence-corrected chi connectivity index (χ0v) is 9.79. The van der Waals surface area contributed by atoms with Crippen LogP contribution in [0, 0.1) is 0 Å². The van der Waals surface area contributed by atoms with Crippen LogP contribution >= 0.6 is 0 Å². The van der Waals surface area contributed by atoms with Gasteiger partial charge < -0.3 is 19.8 Å². The number of amides is 1. The van der Waals surface area contributed by atoms with Gasteiger partial charge in [0.1, 0.15) is 5.75 Å². The van der Waals surface area contributed by atoms with Crippen LogP contribution in [0.3, 0.4) is 0 Å². The van der Waals surface area contributed by atoms with Gasteiger partial charge in [0.05, 0.1) is 37.4 Å². The summed E-state index contributed by atoms with van der Waals surface area (Å²) in [5.41, 5.74) is 0.443. The van der Waals surface area contributed by atoms with Crippen LogP contribution in [0.2, 0.25) is 0 Å². The SMILES string of the molecule is COc1ccc(C(=O)O)cc1N1CC(O)CC1=O. The standard InChI is InChI=1S/C12H13NO5/c1-18-10-3-2-7(12(16)17)4-9(10)13-6-8(14)5-11(13)15/h2-4,8,14H,5-6H2,1H3,(H,16,17). The third kappa shape index (κ3) is 2.14. The number of rotatable bonds is 3. The van der Waals surface area contributed by atoms with E-state index in [1.54, 1.807) is 0 Å². The Kier molecular flexibility index (Phi) is 3.20. The van der Waals surface area contributed by atoms with Crippen molar-refractivity contribution in [1.82, 2.24) is 0 Å². The Morgan fingerprint density at radius 1 is 1.50 bits per heavy atom. The number of nitrogens with zero attached hydrogens (tertiary/aromatic N) is 1. The van der Waals surface area contributed by atoms with Crippen LogP contribution in [0.1, 0.15) is 16.8 Å². The van der Waals surface area contributed by atoms with Gasteiger partial charge in [0.15, 0.2) is 0 Å². The number of carboxylic acid groups (broad SMARTS) is 1. The van der Waals surface area contributed by atoms with Crippen LogP contribution in [-0.4, -0.2) is 41.8 Å². The molecule has 2 rings (SSSR count). The second kappa shape index (κ2) is 4.66. The van der Waals surface area contributed by atoms with Gasteiger partial charge in [0, 0.05) is 0 Å². The highest BCUT2D eigenvalue weighted by molar-refractivity contribution is 5.99. The second-order valence-electron chi connectivity index (χ2n) is 4.05. The van der Waals surface area contributed by atoms with E-state index in [0.29, 0.717) is 11.4 Å². The van der Waals surface area contributed by atoms with E-state index in [9.17, 15) is 14.7 Å². The molecule has 0 saturated carbocycles. The molecule has 1 heterocycles. The minimum absolute atomic E-state index is 0.0421. The van der Waals surface area contributed by atoms with E-state index in [-0.39, 0.29) is 24.4 Å². The number of aliphatic hydroxyl groups is 1. The Morgan fingerprint density at radius 2 is 2.22 bits per heavy atom. The van der Waals surface area contributed by atoms with Gasteiger partial charge >= 0.3 is 5.97 Å². The number of hydrogen-bond acceptors (Lipinski definition) is 4. The van der Waals surface area contributed by atoms with Crippen LogP contribution in [0.5, 0.6) is 5.75 Å². The number of hydrogen-bond donors (Lipinski definition) is 2. The fourth-order valence-electron chi connectivity index (χ4n) is 1.96. The number of carboxylic acids is 1. The van der Waals surface area contributed by atoms with Crippen molar-refractivity contribution in [2.24, 2.45) is 0 Å². The third-order valence-corrected chi connectivity index (χ3v) is 2.82. The second-order valence-corrected chi connectivity index (χ2v) is 4.05. The number of benzene rings is 1. The molecule has 0 spiro atoms. The fourth-order valence-corrected chi connectivity index (χ4v) is 1.96. The summed E-state index contributed by atoms with van der Waals surface area (Å²) in [6.45, 7) is 0.151. The van der Waals surface area contributed by atoms with E-state index in [4.69, 9.17) is 9.84 Å². The van der Waals surface area contributed by atoms with Gasteiger partial charge in [-0.1, -0.05) is 0 Å². The molecule has 0 aliphatic carbocycles. The number of carbonyl (C=O) groups is 2. The number of β-amino-alcohol motifs (C(OH)–C–C–N with tert-alkyl or cyclic N) is 1. The Bertz CT molecular complexity index is 499. The molecular weight excluding hydrogens is 238 g/mol. The molecule has 1 aromatic carbocycles. The monoisotopic (exact) mass is 251 g/mol. The van der Waals surface area contributed by atoms with Crippen LogP contribution in [0.4, 0.5) is 5.69 Å². The average molecular weight is 251 g/mol. The maximum absolute atomic E-state index is 11.7. The Balaban J connectivity index is 2.44. The van der Waals surface area contributed by atoms with E-state index in [2.05, 4.69) is 0 Å². The highest BCUT2D eigenvalue weighted by Gasteiger charge is 2.31. The lowest BCUT2D eigenvalue weighted by atomic mass is 10.1. The number of aromatic carboxylic acids is 1. The quantitative estimate of drug-likeness (QED) is 0.816. The van der Waals surface area contributed by atoms with E-state index in [1.165, 1.54) is 30.2 Å². The van der Waals surface area contributed by atoms with E-state index < -0.39 is 12.1 Å². The highest BCUT2D eigenvalue weighted by atomic mass is 16.5. The first kappa shape index (κ1) is 12.4. The van der Waals surface area contributed by atoms with Crippen molar-refractivity contribution in [2.45, 2.75) is 12.5 Å². The van der Waals surface area contributed by atoms with Crippen molar-refractivity contribution in [3.05, 3.63) is 23.8 Å². The lowest BCUT2D eigenvalue weighted by molar-refractivity contribution is -0.117. The zero-order valence-electron chi connectivity index (χ0n) is 9.79. The summed E-state index contributed by atoms with van der Waals surface area (Å²) in [7, 11) is 1.44. The van der Waals surface area contributed by atoms with Gasteiger partial charge in [-0.25, -0.2) is 4.79 Å². The molecule has 1 fully saturated rings. The molecule has 0 bridgehead atoms. The van der Waals surface area contributed by atoms with Gasteiger partial charge in [-0.05, 0) is 18.2 Å². The molecule has 0 radical (unpaired) electrons. The third-order valence-electron chi connectivity index (χ3n) is 2.82. The molecule has 1 aromatic rings. The summed E-state index contributed by atoms with van der Waals surface area (Å²) in [5, 5.41) is 18.4. The van der Waals surface area contributed by atoms with E-state index in [1.807, 2.05) is 0 Å². The van der Waals surface area contributed by atoms with Gasteiger partial charge in [-0.2, -0.15) is 0 Å². The molecule has 96 valence electrons. The molecule has 18 heavy (non-hydrogen) atoms. The lowest BCUT2D eigenvalue weighted by Gasteiger charge is -2.19. The number of methoxy groups -OCH3 is 1. The van der Waals surface area contributed by atoms with Crippen molar-refractivity contribution in [3.63, 3.8) is 0 Å². The molecule has 1 amide bonds. The van der Waals surface area contributed by atoms with Crippen LogP contribution in [-0.2, 0) is 4.79 Å². The molecule has 1 unspecified atom stereocenters. The number of ether oxygens (including phenoxy) is 1. The van der Waals surface area contributed by atoms with E-state index in [0.717, 1.165) is 0 Å². The van der Waals surface area contributed by atoms with Gasteiger partial charge in [-0.3, -0.25) is 4.79 Å².